The summed E-state index contributed by atoms with van der Waals surface area (Å²) < 4.78 is 16.2. The average Bonchev–Trinajstić information content (AvgIpc) is 2.79. The van der Waals surface area contributed by atoms with Crippen LogP contribution in [0.15, 0.2) is 24.3 Å². The summed E-state index contributed by atoms with van der Waals surface area (Å²) in [5, 5.41) is 21.7. The minimum atomic E-state index is -1.83. The number of nitrogen functional groups attached to an aromatic ring is 1. The SMILES string of the molecule is CC(=O)OC1CCCC(NC(=O)[C@H](C)NC(=O)c2ccc(C(=N)N)cc2)(OCC(=O)O)C1OC(C)=O. The summed E-state index contributed by atoms with van der Waals surface area (Å²) in [5.41, 5.74) is 4.21. The molecule has 1 aliphatic carbocycles. The first-order chi connectivity index (χ1) is 16.8. The van der Waals surface area contributed by atoms with Crippen molar-refractivity contribution in [3.63, 3.8) is 0 Å². The van der Waals surface area contributed by atoms with Gasteiger partial charge in [0.2, 0.25) is 5.91 Å². The van der Waals surface area contributed by atoms with Gasteiger partial charge < -0.3 is 35.7 Å². The maximum absolute atomic E-state index is 13.1. The highest BCUT2D eigenvalue weighted by molar-refractivity contribution is 5.99. The van der Waals surface area contributed by atoms with Crippen molar-refractivity contribution in [2.75, 3.05) is 6.61 Å². The summed E-state index contributed by atoms with van der Waals surface area (Å²) in [7, 11) is 0. The topological polar surface area (TPSA) is 207 Å². The Balaban J connectivity index is 2.26. The fourth-order valence-electron chi connectivity index (χ4n) is 3.82. The number of esters is 2. The van der Waals surface area contributed by atoms with Crippen molar-refractivity contribution in [2.45, 2.75) is 64.0 Å². The first kappa shape index (κ1) is 28.2. The molecule has 2 amide bonds. The van der Waals surface area contributed by atoms with E-state index in [1.807, 2.05) is 0 Å². The highest BCUT2D eigenvalue weighted by atomic mass is 16.6. The molecule has 0 heterocycles. The minimum absolute atomic E-state index is 0.0505. The van der Waals surface area contributed by atoms with Crippen molar-refractivity contribution in [2.24, 2.45) is 5.73 Å². The summed E-state index contributed by atoms with van der Waals surface area (Å²) in [6.07, 6.45) is -1.65. The van der Waals surface area contributed by atoms with Crippen LogP contribution in [-0.4, -0.2) is 71.2 Å². The van der Waals surface area contributed by atoms with Gasteiger partial charge in [0.1, 0.15) is 24.6 Å². The minimum Gasteiger partial charge on any atom is -0.480 e. The monoisotopic (exact) mass is 506 g/mol. The van der Waals surface area contributed by atoms with E-state index in [4.69, 9.17) is 25.4 Å². The lowest BCUT2D eigenvalue weighted by molar-refractivity contribution is -0.224. The lowest BCUT2D eigenvalue weighted by Gasteiger charge is -2.46. The van der Waals surface area contributed by atoms with Gasteiger partial charge >= 0.3 is 17.9 Å². The predicted octanol–water partition coefficient (Wildman–Crippen LogP) is 0.0500. The molecule has 0 radical (unpaired) electrons. The highest BCUT2D eigenvalue weighted by Gasteiger charge is 2.52. The molecule has 0 aromatic heterocycles. The summed E-state index contributed by atoms with van der Waals surface area (Å²) in [6.45, 7) is 2.84. The second kappa shape index (κ2) is 12.1. The third-order valence-corrected chi connectivity index (χ3v) is 5.43. The molecule has 0 bridgehead atoms. The van der Waals surface area contributed by atoms with Gasteiger partial charge in [0.25, 0.3) is 5.91 Å². The smallest absolute Gasteiger partial charge is 0.329 e. The van der Waals surface area contributed by atoms with Crippen LogP contribution in [0, 0.1) is 5.41 Å². The number of carboxylic acid groups (broad SMARTS) is 1. The summed E-state index contributed by atoms with van der Waals surface area (Å²) in [5.74, 6) is -4.26. The molecule has 6 N–H and O–H groups in total. The molecule has 13 nitrogen and oxygen atoms in total. The molecule has 13 heteroatoms. The molecule has 1 saturated carbocycles. The van der Waals surface area contributed by atoms with Crippen LogP contribution in [0.4, 0.5) is 0 Å². The second-order valence-corrected chi connectivity index (χ2v) is 8.32. The number of amidine groups is 1. The van der Waals surface area contributed by atoms with Crippen LogP contribution in [0.1, 0.15) is 56.0 Å². The zero-order chi connectivity index (χ0) is 27.0. The van der Waals surface area contributed by atoms with E-state index in [-0.39, 0.29) is 24.2 Å². The summed E-state index contributed by atoms with van der Waals surface area (Å²) >= 11 is 0. The van der Waals surface area contributed by atoms with Crippen LogP contribution in [0.2, 0.25) is 0 Å². The number of carboxylic acids is 1. The Morgan fingerprint density at radius 2 is 1.69 bits per heavy atom. The van der Waals surface area contributed by atoms with Crippen molar-refractivity contribution in [3.8, 4) is 0 Å². The van der Waals surface area contributed by atoms with Gasteiger partial charge in [-0.05, 0) is 38.3 Å². The third kappa shape index (κ3) is 7.50. The van der Waals surface area contributed by atoms with E-state index in [9.17, 15) is 29.1 Å². The molecule has 196 valence electrons. The quantitative estimate of drug-likeness (QED) is 0.125. The maximum atomic E-state index is 13.1. The standard InChI is InChI=1S/C23H30N4O9/c1-12(26-22(33)16-8-6-15(7-9-16)20(24)25)21(32)27-23(34-11-18(30)31)10-4-5-17(35-13(2)28)19(23)36-14(3)29/h6-9,12,17,19H,4-5,10-11H2,1-3H3,(H3,24,25)(H,26,33)(H,27,32)(H,30,31)/t12-,17?,19?,23?/m0/s1. The molecule has 1 fully saturated rings. The Bertz CT molecular complexity index is 1030. The normalized spacial score (nSPS) is 22.0. The van der Waals surface area contributed by atoms with E-state index < -0.39 is 60.3 Å². The number of nitrogens with two attached hydrogens (primary N) is 1. The lowest BCUT2D eigenvalue weighted by Crippen LogP contribution is -2.67. The van der Waals surface area contributed by atoms with Crippen LogP contribution in [0.5, 0.6) is 0 Å². The van der Waals surface area contributed by atoms with Gasteiger partial charge in [-0.3, -0.25) is 24.6 Å². The van der Waals surface area contributed by atoms with E-state index in [0.29, 0.717) is 12.0 Å². The second-order valence-electron chi connectivity index (χ2n) is 8.32. The van der Waals surface area contributed by atoms with Gasteiger partial charge in [-0.2, -0.15) is 0 Å². The van der Waals surface area contributed by atoms with Gasteiger partial charge in [0, 0.05) is 25.0 Å². The average molecular weight is 507 g/mol. The highest BCUT2D eigenvalue weighted by Crippen LogP contribution is 2.34. The molecule has 1 aliphatic rings. The number of rotatable bonds is 10. The van der Waals surface area contributed by atoms with Crippen LogP contribution in [0.25, 0.3) is 0 Å². The number of carbonyl (C=O) groups is 5. The number of benzene rings is 1. The van der Waals surface area contributed by atoms with E-state index >= 15 is 0 Å². The van der Waals surface area contributed by atoms with Crippen molar-refractivity contribution in [1.29, 1.82) is 5.41 Å². The Morgan fingerprint density at radius 3 is 2.22 bits per heavy atom. The van der Waals surface area contributed by atoms with E-state index in [2.05, 4.69) is 10.6 Å². The number of nitrogens with one attached hydrogen (secondary N) is 3. The van der Waals surface area contributed by atoms with Crippen LogP contribution in [-0.2, 0) is 33.4 Å². The lowest BCUT2D eigenvalue weighted by atomic mass is 9.85. The van der Waals surface area contributed by atoms with Crippen LogP contribution >= 0.6 is 0 Å². The number of amides is 2. The molecule has 0 aliphatic heterocycles. The molecule has 0 saturated heterocycles. The first-order valence-corrected chi connectivity index (χ1v) is 11.1. The molecule has 0 spiro atoms. The van der Waals surface area contributed by atoms with E-state index in [1.165, 1.54) is 38.1 Å². The molecule has 4 atom stereocenters. The zero-order valence-corrected chi connectivity index (χ0v) is 20.2. The van der Waals surface area contributed by atoms with Crippen LogP contribution in [0.3, 0.4) is 0 Å². The molecule has 1 aromatic rings. The number of hydrogen-bond acceptors (Lipinski definition) is 9. The Morgan fingerprint density at radius 1 is 1.11 bits per heavy atom. The van der Waals surface area contributed by atoms with Crippen molar-refractivity contribution < 1.29 is 43.3 Å². The van der Waals surface area contributed by atoms with Gasteiger partial charge in [-0.1, -0.05) is 12.1 Å². The van der Waals surface area contributed by atoms with Gasteiger partial charge in [-0.25, -0.2) is 4.79 Å². The fraction of sp³-hybridized carbons (Fsp3) is 0.478. The van der Waals surface area contributed by atoms with Gasteiger partial charge in [-0.15, -0.1) is 0 Å². The first-order valence-electron chi connectivity index (χ1n) is 11.1. The summed E-state index contributed by atoms with van der Waals surface area (Å²) in [4.78, 5) is 60.4. The van der Waals surface area contributed by atoms with Gasteiger partial charge in [0.15, 0.2) is 11.8 Å². The molecule has 36 heavy (non-hydrogen) atoms. The maximum Gasteiger partial charge on any atom is 0.329 e. The zero-order valence-electron chi connectivity index (χ0n) is 20.2. The van der Waals surface area contributed by atoms with Crippen molar-refractivity contribution in [1.82, 2.24) is 10.6 Å². The molecule has 3 unspecified atom stereocenters. The third-order valence-electron chi connectivity index (χ3n) is 5.43. The number of carbonyl (C=O) groups excluding carboxylic acids is 4. The number of ether oxygens (including phenoxy) is 3. The summed E-state index contributed by atoms with van der Waals surface area (Å²) in [6, 6.07) is 4.73. The largest absolute Gasteiger partial charge is 0.480 e. The van der Waals surface area contributed by atoms with Crippen molar-refractivity contribution >= 4 is 35.6 Å². The van der Waals surface area contributed by atoms with E-state index in [0.717, 1.165) is 6.92 Å². The Hall–Kier alpha value is -4.00. The van der Waals surface area contributed by atoms with Gasteiger partial charge in [0.05, 0.1) is 0 Å². The molecular weight excluding hydrogens is 476 g/mol. The Kier molecular flexibility index (Phi) is 9.50. The van der Waals surface area contributed by atoms with Crippen molar-refractivity contribution in [3.05, 3.63) is 35.4 Å². The number of hydrogen-bond donors (Lipinski definition) is 5. The molecular formula is C23H30N4O9. The van der Waals surface area contributed by atoms with E-state index in [1.54, 1.807) is 0 Å². The Labute approximate surface area is 207 Å². The predicted molar refractivity (Wildman–Crippen MR) is 124 cm³/mol. The number of aliphatic carboxylic acids is 1. The molecule has 2 rings (SSSR count). The molecule has 1 aromatic carbocycles. The fourth-order valence-corrected chi connectivity index (χ4v) is 3.82. The van der Waals surface area contributed by atoms with Crippen LogP contribution < -0.4 is 16.4 Å².